The molecule has 0 unspecified atom stereocenters. The molecule has 1 aromatic heterocycles. The van der Waals surface area contributed by atoms with Crippen LogP contribution in [0.1, 0.15) is 5.56 Å². The molecule has 0 saturated heterocycles. The van der Waals surface area contributed by atoms with Crippen molar-refractivity contribution in [2.24, 2.45) is 0 Å². The zero-order chi connectivity index (χ0) is 42.8. The quantitative estimate of drug-likeness (QED) is 0.143. The zero-order valence-corrected chi connectivity index (χ0v) is 34.7. The molecule has 11 aromatic rings. The smallest absolute Gasteiger partial charge is 0.164 e. The van der Waals surface area contributed by atoms with Gasteiger partial charge in [0.1, 0.15) is 0 Å². The molecular weight excluding hydrogens is 777 g/mol. The van der Waals surface area contributed by atoms with Gasteiger partial charge in [-0.2, -0.15) is 5.26 Å². The topological polar surface area (TPSA) is 62.5 Å². The van der Waals surface area contributed by atoms with Crippen molar-refractivity contribution in [3.8, 4) is 95.9 Å². The van der Waals surface area contributed by atoms with E-state index in [1.54, 1.807) is 0 Å². The van der Waals surface area contributed by atoms with Crippen molar-refractivity contribution in [3.05, 3.63) is 236 Å². The molecule has 0 aliphatic heterocycles. The molecule has 0 spiro atoms. The average molecular weight is 815 g/mol. The third-order valence-corrected chi connectivity index (χ3v) is 12.0. The van der Waals surface area contributed by atoms with E-state index in [2.05, 4.69) is 170 Å². The number of nitrogens with zero attached hydrogens (tertiary/aromatic N) is 4. The van der Waals surface area contributed by atoms with E-state index in [0.717, 1.165) is 66.8 Å². The van der Waals surface area contributed by atoms with Crippen molar-refractivity contribution in [2.45, 2.75) is 0 Å². The molecule has 4 heteroatoms. The van der Waals surface area contributed by atoms with Crippen LogP contribution in [0.5, 0.6) is 0 Å². The molecule has 0 radical (unpaired) electrons. The second-order valence-corrected chi connectivity index (χ2v) is 15.9. The number of aromatic nitrogens is 3. The van der Waals surface area contributed by atoms with E-state index in [1.807, 2.05) is 66.7 Å². The second-order valence-electron chi connectivity index (χ2n) is 15.9. The SMILES string of the molecule is N#Cc1ccc(-c2ccccc2-c2cc3ccccc3c3ccccc23)cc1-c1cccc(-c2cccc(-c3nc(-c4ccccc4)nc(-c4ccccc4-c4ccccc4)n3)c2)c1. The lowest BCUT2D eigenvalue weighted by Gasteiger charge is -2.16. The predicted octanol–water partition coefficient (Wildman–Crippen LogP) is 15.4. The summed E-state index contributed by atoms with van der Waals surface area (Å²) in [7, 11) is 0. The Bertz CT molecular complexity index is 3570. The van der Waals surface area contributed by atoms with Crippen LogP contribution in [0.2, 0.25) is 0 Å². The number of fused-ring (bicyclic) bond motifs is 3. The van der Waals surface area contributed by atoms with Crippen LogP contribution in [0.3, 0.4) is 0 Å². The minimum Gasteiger partial charge on any atom is -0.208 e. The first-order chi connectivity index (χ1) is 31.7. The maximum absolute atomic E-state index is 10.5. The summed E-state index contributed by atoms with van der Waals surface area (Å²) in [6.45, 7) is 0. The normalized spacial score (nSPS) is 11.1. The summed E-state index contributed by atoms with van der Waals surface area (Å²) in [5.74, 6) is 1.80. The van der Waals surface area contributed by atoms with Gasteiger partial charge in [-0.1, -0.05) is 200 Å². The van der Waals surface area contributed by atoms with Crippen LogP contribution in [-0.2, 0) is 0 Å². The van der Waals surface area contributed by atoms with Crippen LogP contribution >= 0.6 is 0 Å². The highest BCUT2D eigenvalue weighted by Crippen LogP contribution is 2.41. The average Bonchev–Trinajstić information content (AvgIpc) is 3.38. The van der Waals surface area contributed by atoms with Gasteiger partial charge in [0, 0.05) is 22.3 Å². The number of nitriles is 1. The van der Waals surface area contributed by atoms with Gasteiger partial charge in [0.2, 0.25) is 0 Å². The first kappa shape index (κ1) is 38.2. The Morgan fingerprint density at radius 3 is 1.47 bits per heavy atom. The summed E-state index contributed by atoms with van der Waals surface area (Å²) in [6, 6.07) is 82.3. The van der Waals surface area contributed by atoms with E-state index >= 15 is 0 Å². The standard InChI is InChI=1S/C60H38N4/c61-39-48-34-33-46(51-28-9-11-30-53(51)57-38-45-21-7-8-27-50(45)52-29-12-13-31-54(52)57)37-56(48)44-24-15-22-42(35-44)43-23-16-25-47(36-43)59-62-58(41-19-5-2-6-20-41)63-60(64-59)55-32-14-10-26-49(55)40-17-3-1-4-18-40/h1-38H. The maximum atomic E-state index is 10.5. The van der Waals surface area contributed by atoms with Crippen molar-refractivity contribution >= 4 is 21.5 Å². The highest BCUT2D eigenvalue weighted by molar-refractivity contribution is 6.14. The highest BCUT2D eigenvalue weighted by atomic mass is 15.0. The molecule has 0 aliphatic carbocycles. The molecule has 298 valence electrons. The van der Waals surface area contributed by atoms with E-state index in [-0.39, 0.29) is 0 Å². The van der Waals surface area contributed by atoms with Gasteiger partial charge >= 0.3 is 0 Å². The fourth-order valence-corrected chi connectivity index (χ4v) is 8.89. The summed E-state index contributed by atoms with van der Waals surface area (Å²) in [4.78, 5) is 15.3. The zero-order valence-electron chi connectivity index (χ0n) is 34.7. The largest absolute Gasteiger partial charge is 0.208 e. The van der Waals surface area contributed by atoms with E-state index in [4.69, 9.17) is 15.0 Å². The fraction of sp³-hybridized carbons (Fsp3) is 0. The van der Waals surface area contributed by atoms with E-state index in [1.165, 1.54) is 27.1 Å². The van der Waals surface area contributed by atoms with Gasteiger partial charge < -0.3 is 0 Å². The Kier molecular flexibility index (Phi) is 9.89. The Morgan fingerprint density at radius 1 is 0.266 bits per heavy atom. The van der Waals surface area contributed by atoms with Crippen molar-refractivity contribution in [2.75, 3.05) is 0 Å². The molecule has 0 saturated carbocycles. The van der Waals surface area contributed by atoms with Crippen molar-refractivity contribution in [1.29, 1.82) is 5.26 Å². The van der Waals surface area contributed by atoms with Crippen molar-refractivity contribution in [1.82, 2.24) is 15.0 Å². The third-order valence-electron chi connectivity index (χ3n) is 12.0. The Labute approximate surface area is 372 Å². The molecule has 0 fully saturated rings. The molecule has 64 heavy (non-hydrogen) atoms. The van der Waals surface area contributed by atoms with Gasteiger partial charge in [-0.15, -0.1) is 0 Å². The monoisotopic (exact) mass is 814 g/mol. The Hall–Kier alpha value is -8.78. The van der Waals surface area contributed by atoms with Gasteiger partial charge in [-0.3, -0.25) is 0 Å². The van der Waals surface area contributed by atoms with E-state index in [9.17, 15) is 5.26 Å². The number of benzene rings is 10. The maximum Gasteiger partial charge on any atom is 0.164 e. The summed E-state index contributed by atoms with van der Waals surface area (Å²) in [5.41, 5.74) is 13.8. The fourth-order valence-electron chi connectivity index (χ4n) is 8.89. The summed E-state index contributed by atoms with van der Waals surface area (Å²) in [5, 5.41) is 15.3. The number of hydrogen-bond donors (Lipinski definition) is 0. The first-order valence-corrected chi connectivity index (χ1v) is 21.4. The Balaban J connectivity index is 0.995. The molecule has 0 amide bonds. The summed E-state index contributed by atoms with van der Waals surface area (Å²) >= 11 is 0. The summed E-state index contributed by atoms with van der Waals surface area (Å²) in [6.07, 6.45) is 0. The van der Waals surface area contributed by atoms with Gasteiger partial charge in [-0.25, -0.2) is 15.0 Å². The number of rotatable bonds is 8. The van der Waals surface area contributed by atoms with Gasteiger partial charge in [0.25, 0.3) is 0 Å². The van der Waals surface area contributed by atoms with E-state index in [0.29, 0.717) is 23.0 Å². The molecule has 0 aliphatic rings. The van der Waals surface area contributed by atoms with E-state index < -0.39 is 0 Å². The predicted molar refractivity (Wildman–Crippen MR) is 263 cm³/mol. The molecule has 11 rings (SSSR count). The molecule has 0 bridgehead atoms. The van der Waals surface area contributed by atoms with Crippen LogP contribution in [-0.4, -0.2) is 15.0 Å². The molecule has 10 aromatic carbocycles. The second kappa shape index (κ2) is 16.6. The minimum absolute atomic E-state index is 0.585. The van der Waals surface area contributed by atoms with Crippen molar-refractivity contribution < 1.29 is 0 Å². The third kappa shape index (κ3) is 7.18. The lowest BCUT2D eigenvalue weighted by Crippen LogP contribution is -2.01. The van der Waals surface area contributed by atoms with Gasteiger partial charge in [0.15, 0.2) is 17.5 Å². The lowest BCUT2D eigenvalue weighted by molar-refractivity contribution is 1.07. The number of hydrogen-bond acceptors (Lipinski definition) is 4. The molecule has 0 atom stereocenters. The van der Waals surface area contributed by atoms with Crippen LogP contribution in [0.4, 0.5) is 0 Å². The highest BCUT2D eigenvalue weighted by Gasteiger charge is 2.18. The molecule has 4 nitrogen and oxygen atoms in total. The van der Waals surface area contributed by atoms with Crippen molar-refractivity contribution in [3.63, 3.8) is 0 Å². The summed E-state index contributed by atoms with van der Waals surface area (Å²) < 4.78 is 0. The lowest BCUT2D eigenvalue weighted by atomic mass is 9.87. The molecular formula is C60H38N4. The molecule has 0 N–H and O–H groups in total. The molecule has 1 heterocycles. The van der Waals surface area contributed by atoms with Gasteiger partial charge in [-0.05, 0) is 102 Å². The van der Waals surface area contributed by atoms with Gasteiger partial charge in [0.05, 0.1) is 11.6 Å². The first-order valence-electron chi connectivity index (χ1n) is 21.4. The Morgan fingerprint density at radius 2 is 0.750 bits per heavy atom. The minimum atomic E-state index is 0.585. The van der Waals surface area contributed by atoms with Crippen LogP contribution in [0.25, 0.3) is 111 Å². The van der Waals surface area contributed by atoms with Crippen LogP contribution in [0, 0.1) is 11.3 Å². The van der Waals surface area contributed by atoms with Crippen LogP contribution in [0.15, 0.2) is 231 Å². The van der Waals surface area contributed by atoms with Crippen LogP contribution < -0.4 is 0 Å².